The molecule has 0 saturated heterocycles. The van der Waals surface area contributed by atoms with E-state index in [0.29, 0.717) is 0 Å². The normalized spacial score (nSPS) is 7.75. The minimum atomic E-state index is -0.965. The lowest BCUT2D eigenvalue weighted by molar-refractivity contribution is -0.137. The van der Waals surface area contributed by atoms with Crippen molar-refractivity contribution >= 4 is 29.7 Å². The van der Waals surface area contributed by atoms with Crippen LogP contribution in [-0.4, -0.2) is 22.2 Å². The first kappa shape index (κ1) is 13.4. The first-order chi connectivity index (χ1) is 5.36. The Kier molecular flexibility index (Phi) is 8.75. The highest BCUT2D eigenvalue weighted by Gasteiger charge is 1.98. The summed E-state index contributed by atoms with van der Waals surface area (Å²) in [4.78, 5) is 19.7. The second-order valence-electron chi connectivity index (χ2n) is 1.74. The van der Waals surface area contributed by atoms with Gasteiger partial charge in [-0.2, -0.15) is 0 Å². The van der Waals surface area contributed by atoms with Gasteiger partial charge in [0, 0.05) is 6.42 Å². The SMILES string of the molecule is N=C(N)N.O=C(O)CCC(=O)S. The van der Waals surface area contributed by atoms with Gasteiger partial charge < -0.3 is 16.6 Å². The lowest BCUT2D eigenvalue weighted by Gasteiger charge is -1.85. The van der Waals surface area contributed by atoms with Gasteiger partial charge in [0.2, 0.25) is 0 Å². The van der Waals surface area contributed by atoms with Crippen LogP contribution in [0.4, 0.5) is 0 Å². The number of carbonyl (C=O) groups excluding carboxylic acids is 1. The first-order valence-corrected chi connectivity index (χ1v) is 3.34. The molecule has 0 fully saturated rings. The predicted octanol–water partition coefficient (Wildman–Crippen LogP) is -0.854. The monoisotopic (exact) mass is 193 g/mol. The summed E-state index contributed by atoms with van der Waals surface area (Å²) in [7, 11) is 0. The molecule has 0 aromatic heterocycles. The van der Waals surface area contributed by atoms with Crippen molar-refractivity contribution in [2.45, 2.75) is 12.8 Å². The summed E-state index contributed by atoms with van der Waals surface area (Å²) in [6, 6.07) is 0. The van der Waals surface area contributed by atoms with Crippen LogP contribution >= 0.6 is 12.6 Å². The van der Waals surface area contributed by atoms with E-state index in [1.807, 2.05) is 0 Å². The van der Waals surface area contributed by atoms with E-state index in [-0.39, 0.29) is 23.9 Å². The smallest absolute Gasteiger partial charge is 0.303 e. The summed E-state index contributed by atoms with van der Waals surface area (Å²) in [6.07, 6.45) is -0.110. The van der Waals surface area contributed by atoms with Crippen molar-refractivity contribution in [1.82, 2.24) is 0 Å². The lowest BCUT2D eigenvalue weighted by Crippen LogP contribution is -2.20. The number of hydrogen-bond acceptors (Lipinski definition) is 3. The summed E-state index contributed by atoms with van der Waals surface area (Å²) >= 11 is 3.37. The molecule has 0 bridgehead atoms. The molecule has 0 aliphatic carbocycles. The third-order valence-electron chi connectivity index (χ3n) is 0.553. The highest BCUT2D eigenvalue weighted by Crippen LogP contribution is 1.92. The zero-order valence-corrected chi connectivity index (χ0v) is 7.17. The highest BCUT2D eigenvalue weighted by molar-refractivity contribution is 7.96. The van der Waals surface area contributed by atoms with Gasteiger partial charge in [0.1, 0.15) is 0 Å². The summed E-state index contributed by atoms with van der Waals surface area (Å²) < 4.78 is 0. The number of nitrogens with two attached hydrogens (primary N) is 2. The quantitative estimate of drug-likeness (QED) is 0.226. The third-order valence-corrected chi connectivity index (χ3v) is 0.776. The van der Waals surface area contributed by atoms with Gasteiger partial charge in [-0.15, -0.1) is 12.6 Å². The van der Waals surface area contributed by atoms with Gasteiger partial charge >= 0.3 is 5.97 Å². The van der Waals surface area contributed by atoms with Gasteiger partial charge in [-0.05, 0) is 0 Å². The first-order valence-electron chi connectivity index (χ1n) is 2.89. The van der Waals surface area contributed by atoms with E-state index in [0.717, 1.165) is 0 Å². The number of thiol groups is 1. The van der Waals surface area contributed by atoms with Gasteiger partial charge in [0.25, 0.3) is 0 Å². The molecular weight excluding hydrogens is 182 g/mol. The van der Waals surface area contributed by atoms with E-state index in [2.05, 4.69) is 24.1 Å². The number of carbonyl (C=O) groups is 2. The van der Waals surface area contributed by atoms with Crippen LogP contribution in [0, 0.1) is 5.41 Å². The molecule has 7 heteroatoms. The van der Waals surface area contributed by atoms with E-state index in [9.17, 15) is 9.59 Å². The number of carboxylic acids is 1. The van der Waals surface area contributed by atoms with Gasteiger partial charge in [0.15, 0.2) is 11.1 Å². The Morgan fingerprint density at radius 3 is 1.75 bits per heavy atom. The van der Waals surface area contributed by atoms with E-state index in [1.54, 1.807) is 0 Å². The third kappa shape index (κ3) is 37.3. The summed E-state index contributed by atoms with van der Waals surface area (Å²) in [5.74, 6) is -1.30. The molecule has 0 radical (unpaired) electrons. The molecule has 0 aromatic carbocycles. The van der Waals surface area contributed by atoms with Crippen LogP contribution in [0.5, 0.6) is 0 Å². The predicted molar refractivity (Wildman–Crippen MR) is 47.0 cm³/mol. The zero-order chi connectivity index (χ0) is 10.1. The van der Waals surface area contributed by atoms with Crippen molar-refractivity contribution in [3.63, 3.8) is 0 Å². The minimum Gasteiger partial charge on any atom is -0.481 e. The van der Waals surface area contributed by atoms with Crippen molar-refractivity contribution in [3.05, 3.63) is 0 Å². The molecule has 0 aliphatic rings. The average molecular weight is 193 g/mol. The number of guanidine groups is 1. The lowest BCUT2D eigenvalue weighted by atomic mass is 10.3. The Morgan fingerprint density at radius 1 is 1.33 bits per heavy atom. The van der Waals surface area contributed by atoms with Crippen molar-refractivity contribution in [2.24, 2.45) is 11.5 Å². The Bertz CT molecular complexity index is 165. The molecular formula is C5H11N3O3S. The molecule has 0 spiro atoms. The Morgan fingerprint density at radius 2 is 1.67 bits per heavy atom. The van der Waals surface area contributed by atoms with Crippen LogP contribution in [-0.2, 0) is 9.59 Å². The van der Waals surface area contributed by atoms with E-state index >= 15 is 0 Å². The molecule has 6 N–H and O–H groups in total. The Hall–Kier alpha value is -1.24. The molecule has 0 atom stereocenters. The van der Waals surface area contributed by atoms with Crippen LogP contribution in [0.1, 0.15) is 12.8 Å². The van der Waals surface area contributed by atoms with Crippen LogP contribution in [0.3, 0.4) is 0 Å². The van der Waals surface area contributed by atoms with Crippen LogP contribution in [0.2, 0.25) is 0 Å². The second kappa shape index (κ2) is 7.86. The summed E-state index contributed by atoms with van der Waals surface area (Å²) in [6.45, 7) is 0. The average Bonchev–Trinajstić information content (AvgIpc) is 1.82. The van der Waals surface area contributed by atoms with Gasteiger partial charge in [-0.25, -0.2) is 0 Å². The molecule has 0 rings (SSSR count). The Labute approximate surface area is 74.8 Å². The van der Waals surface area contributed by atoms with Crippen LogP contribution < -0.4 is 11.5 Å². The molecule has 70 valence electrons. The van der Waals surface area contributed by atoms with Crippen LogP contribution in [0.25, 0.3) is 0 Å². The Balaban J connectivity index is 0. The molecule has 0 aliphatic heterocycles. The molecule has 0 amide bonds. The van der Waals surface area contributed by atoms with Gasteiger partial charge in [-0.3, -0.25) is 15.0 Å². The number of rotatable bonds is 3. The standard InChI is InChI=1S/C4H6O3S.CH5N3/c5-3(6)1-2-4(7)8;2-1(3)4/h1-2H2,(H,5,6)(H,7,8);(H5,2,3,4). The van der Waals surface area contributed by atoms with Crippen molar-refractivity contribution in [2.75, 3.05) is 0 Å². The molecule has 12 heavy (non-hydrogen) atoms. The highest BCUT2D eigenvalue weighted by atomic mass is 32.1. The topological polar surface area (TPSA) is 130 Å². The van der Waals surface area contributed by atoms with E-state index in [4.69, 9.17) is 10.5 Å². The molecule has 0 saturated carbocycles. The summed E-state index contributed by atoms with van der Waals surface area (Å²) in [5.41, 5.74) is 8.94. The van der Waals surface area contributed by atoms with Gasteiger partial charge in [-0.1, -0.05) is 0 Å². The summed E-state index contributed by atoms with van der Waals surface area (Å²) in [5, 5.41) is 13.6. The number of hydrogen-bond donors (Lipinski definition) is 5. The molecule has 0 unspecified atom stereocenters. The maximum atomic E-state index is 9.95. The van der Waals surface area contributed by atoms with Crippen molar-refractivity contribution in [3.8, 4) is 0 Å². The molecule has 0 aromatic rings. The van der Waals surface area contributed by atoms with Crippen molar-refractivity contribution in [1.29, 1.82) is 5.41 Å². The molecule has 6 nitrogen and oxygen atoms in total. The van der Waals surface area contributed by atoms with Gasteiger partial charge in [0.05, 0.1) is 6.42 Å². The number of nitrogens with one attached hydrogen (secondary N) is 1. The minimum absolute atomic E-state index is 0.0123. The van der Waals surface area contributed by atoms with E-state index in [1.165, 1.54) is 0 Å². The fourth-order valence-corrected chi connectivity index (χ4v) is 0.326. The van der Waals surface area contributed by atoms with Crippen molar-refractivity contribution < 1.29 is 14.7 Å². The fourth-order valence-electron chi connectivity index (χ4n) is 0.214. The maximum Gasteiger partial charge on any atom is 0.303 e. The number of carboxylic acid groups (broad SMARTS) is 1. The number of aliphatic carboxylic acids is 1. The molecule has 0 heterocycles. The van der Waals surface area contributed by atoms with Crippen LogP contribution in [0.15, 0.2) is 0 Å². The van der Waals surface area contributed by atoms with E-state index < -0.39 is 5.97 Å². The zero-order valence-electron chi connectivity index (χ0n) is 6.28. The maximum absolute atomic E-state index is 9.95. The largest absolute Gasteiger partial charge is 0.481 e. The second-order valence-corrected chi connectivity index (χ2v) is 2.24. The fraction of sp³-hybridized carbons (Fsp3) is 0.400.